The summed E-state index contributed by atoms with van der Waals surface area (Å²) < 4.78 is 1.82. The zero-order chi connectivity index (χ0) is 12.4. The Kier molecular flexibility index (Phi) is 3.14. The summed E-state index contributed by atoms with van der Waals surface area (Å²) in [7, 11) is 0. The quantitative estimate of drug-likeness (QED) is 0.732. The van der Waals surface area contributed by atoms with Crippen molar-refractivity contribution in [3.63, 3.8) is 0 Å². The molecule has 4 N–H and O–H groups in total. The van der Waals surface area contributed by atoms with Crippen LogP contribution in [-0.4, -0.2) is 31.6 Å². The van der Waals surface area contributed by atoms with Gasteiger partial charge in [-0.3, -0.25) is 0 Å². The molecule has 0 saturated carbocycles. The highest BCUT2D eigenvalue weighted by atomic mass is 16.3. The van der Waals surface area contributed by atoms with Crippen molar-refractivity contribution in [2.75, 3.05) is 11.1 Å². The molecule has 2 atom stereocenters. The van der Waals surface area contributed by atoms with E-state index < -0.39 is 0 Å². The van der Waals surface area contributed by atoms with Crippen molar-refractivity contribution in [1.29, 1.82) is 0 Å². The summed E-state index contributed by atoms with van der Waals surface area (Å²) in [6.45, 7) is 3.74. The minimum absolute atomic E-state index is 0.102. The average molecular weight is 235 g/mol. The van der Waals surface area contributed by atoms with E-state index in [9.17, 15) is 5.11 Å². The van der Waals surface area contributed by atoms with Crippen molar-refractivity contribution >= 4 is 17.3 Å². The monoisotopic (exact) mass is 235 g/mol. The van der Waals surface area contributed by atoms with Crippen LogP contribution in [0.2, 0.25) is 0 Å². The Hall–Kier alpha value is -1.82. The smallest absolute Gasteiger partial charge is 0.180 e. The van der Waals surface area contributed by atoms with Crippen LogP contribution in [0.4, 0.5) is 11.6 Å². The lowest BCUT2D eigenvalue weighted by Crippen LogP contribution is -2.22. The predicted molar refractivity (Wildman–Crippen MR) is 66.8 cm³/mol. The number of nitrogens with two attached hydrogens (primary N) is 1. The Balaban J connectivity index is 2.25. The number of fused-ring (bicyclic) bond motifs is 1. The standard InChI is InChI=1S/C11H17N5O/c1-7(5-8(2)17)14-10-11-13-3-4-16(11)6-9(12)15-10/h3-4,6-8,17H,5,12H2,1-2H3,(H,14,15). The first kappa shape index (κ1) is 11.7. The number of aromatic nitrogens is 3. The third kappa shape index (κ3) is 2.65. The van der Waals surface area contributed by atoms with Gasteiger partial charge in [-0.25, -0.2) is 9.97 Å². The van der Waals surface area contributed by atoms with Crippen LogP contribution in [-0.2, 0) is 0 Å². The van der Waals surface area contributed by atoms with E-state index in [2.05, 4.69) is 15.3 Å². The summed E-state index contributed by atoms with van der Waals surface area (Å²) >= 11 is 0. The van der Waals surface area contributed by atoms with E-state index >= 15 is 0 Å². The molecule has 17 heavy (non-hydrogen) atoms. The molecular formula is C11H17N5O. The Labute approximate surface area is 99.5 Å². The van der Waals surface area contributed by atoms with Crippen LogP contribution >= 0.6 is 0 Å². The molecule has 0 aromatic carbocycles. The summed E-state index contributed by atoms with van der Waals surface area (Å²) in [5, 5.41) is 12.5. The first-order chi connectivity index (χ1) is 8.06. The molecule has 2 aromatic heterocycles. The van der Waals surface area contributed by atoms with Crippen molar-refractivity contribution in [1.82, 2.24) is 14.4 Å². The predicted octanol–water partition coefficient (Wildman–Crippen LogP) is 0.883. The zero-order valence-electron chi connectivity index (χ0n) is 9.96. The topological polar surface area (TPSA) is 88.5 Å². The zero-order valence-corrected chi connectivity index (χ0v) is 9.96. The lowest BCUT2D eigenvalue weighted by atomic mass is 10.1. The number of nitrogens with one attached hydrogen (secondary N) is 1. The van der Waals surface area contributed by atoms with Crippen LogP contribution in [0, 0.1) is 0 Å². The van der Waals surface area contributed by atoms with Crippen LogP contribution in [0.5, 0.6) is 0 Å². The fourth-order valence-electron chi connectivity index (χ4n) is 1.85. The third-order valence-corrected chi connectivity index (χ3v) is 2.47. The second-order valence-electron chi connectivity index (χ2n) is 4.30. The number of anilines is 2. The molecule has 0 spiro atoms. The van der Waals surface area contributed by atoms with Gasteiger partial charge in [-0.2, -0.15) is 0 Å². The summed E-state index contributed by atoms with van der Waals surface area (Å²) in [5.74, 6) is 1.07. The Morgan fingerprint density at radius 2 is 2.29 bits per heavy atom. The number of nitrogen functional groups attached to an aromatic ring is 1. The molecule has 0 aliphatic heterocycles. The maximum atomic E-state index is 9.32. The highest BCUT2D eigenvalue weighted by Gasteiger charge is 2.11. The van der Waals surface area contributed by atoms with Crippen molar-refractivity contribution in [2.45, 2.75) is 32.4 Å². The number of aliphatic hydroxyl groups is 1. The molecule has 0 bridgehead atoms. The van der Waals surface area contributed by atoms with Crippen LogP contribution < -0.4 is 11.1 Å². The second kappa shape index (κ2) is 4.58. The highest BCUT2D eigenvalue weighted by molar-refractivity contribution is 5.65. The molecule has 0 radical (unpaired) electrons. The van der Waals surface area contributed by atoms with Gasteiger partial charge in [-0.05, 0) is 20.3 Å². The largest absolute Gasteiger partial charge is 0.393 e. The van der Waals surface area contributed by atoms with Gasteiger partial charge in [0.25, 0.3) is 0 Å². The van der Waals surface area contributed by atoms with E-state index in [0.29, 0.717) is 18.1 Å². The molecule has 6 nitrogen and oxygen atoms in total. The first-order valence-electron chi connectivity index (χ1n) is 5.60. The van der Waals surface area contributed by atoms with E-state index in [-0.39, 0.29) is 12.1 Å². The lowest BCUT2D eigenvalue weighted by Gasteiger charge is -2.16. The van der Waals surface area contributed by atoms with Gasteiger partial charge < -0.3 is 20.6 Å². The summed E-state index contributed by atoms with van der Waals surface area (Å²) in [4.78, 5) is 8.43. The molecule has 2 aromatic rings. The van der Waals surface area contributed by atoms with Gasteiger partial charge >= 0.3 is 0 Å². The molecule has 2 heterocycles. The van der Waals surface area contributed by atoms with E-state index in [4.69, 9.17) is 5.73 Å². The Morgan fingerprint density at radius 3 is 3.00 bits per heavy atom. The Bertz CT molecular complexity index is 508. The summed E-state index contributed by atoms with van der Waals surface area (Å²) in [5.41, 5.74) is 6.44. The van der Waals surface area contributed by atoms with Gasteiger partial charge in [0.05, 0.1) is 12.3 Å². The normalized spacial score (nSPS) is 14.8. The van der Waals surface area contributed by atoms with Gasteiger partial charge in [-0.15, -0.1) is 0 Å². The van der Waals surface area contributed by atoms with Crippen LogP contribution in [0.25, 0.3) is 5.65 Å². The van der Waals surface area contributed by atoms with Crippen LogP contribution in [0.1, 0.15) is 20.3 Å². The number of hydrogen-bond donors (Lipinski definition) is 3. The molecule has 6 heteroatoms. The van der Waals surface area contributed by atoms with E-state index in [1.165, 1.54) is 0 Å². The molecular weight excluding hydrogens is 218 g/mol. The minimum Gasteiger partial charge on any atom is -0.393 e. The van der Waals surface area contributed by atoms with Crippen LogP contribution in [0.15, 0.2) is 18.6 Å². The van der Waals surface area contributed by atoms with Crippen molar-refractivity contribution in [2.24, 2.45) is 0 Å². The van der Waals surface area contributed by atoms with Crippen molar-refractivity contribution in [3.8, 4) is 0 Å². The van der Waals surface area contributed by atoms with Gasteiger partial charge in [0.1, 0.15) is 5.82 Å². The van der Waals surface area contributed by atoms with Gasteiger partial charge in [0.15, 0.2) is 11.5 Å². The molecule has 2 rings (SSSR count). The van der Waals surface area contributed by atoms with Gasteiger partial charge in [0, 0.05) is 18.4 Å². The lowest BCUT2D eigenvalue weighted by molar-refractivity contribution is 0.179. The fourth-order valence-corrected chi connectivity index (χ4v) is 1.85. The van der Waals surface area contributed by atoms with E-state index in [1.807, 2.05) is 17.5 Å². The maximum absolute atomic E-state index is 9.32. The molecule has 0 fully saturated rings. The number of hydrogen-bond acceptors (Lipinski definition) is 5. The van der Waals surface area contributed by atoms with Crippen molar-refractivity contribution < 1.29 is 5.11 Å². The number of rotatable bonds is 4. The first-order valence-corrected chi connectivity index (χ1v) is 5.60. The minimum atomic E-state index is -0.352. The number of imidazole rings is 1. The molecule has 0 amide bonds. The summed E-state index contributed by atoms with van der Waals surface area (Å²) in [6, 6.07) is 0.102. The SMILES string of the molecule is CC(O)CC(C)Nc1nc(N)cn2ccnc12. The van der Waals surface area contributed by atoms with E-state index in [1.54, 1.807) is 19.3 Å². The maximum Gasteiger partial charge on any atom is 0.180 e. The molecule has 2 unspecified atom stereocenters. The Morgan fingerprint density at radius 1 is 1.53 bits per heavy atom. The molecule has 92 valence electrons. The van der Waals surface area contributed by atoms with Crippen molar-refractivity contribution in [3.05, 3.63) is 18.6 Å². The molecule has 0 aliphatic rings. The molecule has 0 aliphatic carbocycles. The second-order valence-corrected chi connectivity index (χ2v) is 4.30. The highest BCUT2D eigenvalue weighted by Crippen LogP contribution is 2.16. The number of aliphatic hydroxyl groups excluding tert-OH is 1. The molecule has 0 saturated heterocycles. The number of nitrogens with zero attached hydrogens (tertiary/aromatic N) is 3. The average Bonchev–Trinajstić information content (AvgIpc) is 2.63. The summed E-state index contributed by atoms with van der Waals surface area (Å²) in [6.07, 6.45) is 5.52. The van der Waals surface area contributed by atoms with Gasteiger partial charge in [-0.1, -0.05) is 0 Å². The van der Waals surface area contributed by atoms with Crippen LogP contribution in [0.3, 0.4) is 0 Å². The van der Waals surface area contributed by atoms with Gasteiger partial charge in [0.2, 0.25) is 0 Å². The van der Waals surface area contributed by atoms with E-state index in [0.717, 1.165) is 5.65 Å². The third-order valence-electron chi connectivity index (χ3n) is 2.47. The fraction of sp³-hybridized carbons (Fsp3) is 0.455.